The van der Waals surface area contributed by atoms with Crippen molar-refractivity contribution in [1.82, 2.24) is 0 Å². The molecule has 0 heterocycles. The molecule has 0 bridgehead atoms. The average Bonchev–Trinajstić information content (AvgIpc) is 3.09. The van der Waals surface area contributed by atoms with E-state index in [1.807, 2.05) is 6.92 Å². The lowest BCUT2D eigenvalue weighted by Crippen LogP contribution is -2.25. The molecule has 1 fully saturated rings. The van der Waals surface area contributed by atoms with Gasteiger partial charge in [0.15, 0.2) is 0 Å². The van der Waals surface area contributed by atoms with Crippen molar-refractivity contribution < 1.29 is 19.1 Å². The first-order valence-electron chi connectivity index (χ1n) is 20.2. The summed E-state index contributed by atoms with van der Waals surface area (Å²) in [5.41, 5.74) is 0. The van der Waals surface area contributed by atoms with Gasteiger partial charge >= 0.3 is 5.97 Å². The molecular weight excluding hydrogens is 568 g/mol. The van der Waals surface area contributed by atoms with Gasteiger partial charge in [0.2, 0.25) is 0 Å². The van der Waals surface area contributed by atoms with Crippen LogP contribution in [-0.4, -0.2) is 32.6 Å². The molecule has 1 aliphatic carbocycles. The van der Waals surface area contributed by atoms with Crippen molar-refractivity contribution in [2.24, 2.45) is 17.8 Å². The zero-order valence-electron chi connectivity index (χ0n) is 32.7. The second-order valence-electron chi connectivity index (χ2n) is 13.5. The smallest absolute Gasteiger partial charge is 0.308 e. The van der Waals surface area contributed by atoms with E-state index in [-0.39, 0.29) is 11.9 Å². The van der Waals surface area contributed by atoms with Crippen LogP contribution >= 0.6 is 0 Å². The van der Waals surface area contributed by atoms with Gasteiger partial charge in [0.1, 0.15) is 6.29 Å². The molecule has 1 saturated carbocycles. The Kier molecular flexibility index (Phi) is 46.9. The summed E-state index contributed by atoms with van der Waals surface area (Å²) in [6, 6.07) is 0. The van der Waals surface area contributed by atoms with E-state index >= 15 is 0 Å². The maximum Gasteiger partial charge on any atom is 0.308 e. The lowest BCUT2D eigenvalue weighted by atomic mass is 9.80. The van der Waals surface area contributed by atoms with Gasteiger partial charge in [-0.25, -0.2) is 0 Å². The van der Waals surface area contributed by atoms with Gasteiger partial charge in [-0.3, -0.25) is 4.79 Å². The molecule has 46 heavy (non-hydrogen) atoms. The van der Waals surface area contributed by atoms with Crippen LogP contribution in [0.25, 0.3) is 0 Å². The largest absolute Gasteiger partial charge is 0.465 e. The lowest BCUT2D eigenvalue weighted by Gasteiger charge is -2.27. The number of allylic oxidation sites excluding steroid dienone is 2. The summed E-state index contributed by atoms with van der Waals surface area (Å²) in [5, 5.41) is 0. The highest BCUT2D eigenvalue weighted by atomic mass is 16.5. The summed E-state index contributed by atoms with van der Waals surface area (Å²) in [6.45, 7) is 16.6. The van der Waals surface area contributed by atoms with Crippen LogP contribution < -0.4 is 0 Å². The van der Waals surface area contributed by atoms with Crippen molar-refractivity contribution in [3.63, 3.8) is 0 Å². The molecule has 0 saturated heterocycles. The van der Waals surface area contributed by atoms with Crippen LogP contribution in [0.2, 0.25) is 0 Å². The number of unbranched alkanes of at least 4 members (excludes halogenated alkanes) is 15. The second kappa shape index (κ2) is 43.8. The van der Waals surface area contributed by atoms with Crippen LogP contribution in [0.4, 0.5) is 0 Å². The number of carbonyl (C=O) groups excluding carboxylic acids is 2. The topological polar surface area (TPSA) is 52.6 Å². The number of ether oxygens (including phenoxy) is 2. The average molecular weight is 653 g/mol. The van der Waals surface area contributed by atoms with E-state index in [9.17, 15) is 9.59 Å². The van der Waals surface area contributed by atoms with Gasteiger partial charge < -0.3 is 14.3 Å². The minimum absolute atomic E-state index is 0.0595. The monoisotopic (exact) mass is 653 g/mol. The van der Waals surface area contributed by atoms with Crippen molar-refractivity contribution in [3.05, 3.63) is 12.2 Å². The molecule has 0 aromatic heterocycles. The molecule has 4 heteroatoms. The normalized spacial score (nSPS) is 16.3. The van der Waals surface area contributed by atoms with E-state index in [0.717, 1.165) is 50.9 Å². The fraction of sp³-hybridized carbons (Fsp3) is 0.905. The summed E-state index contributed by atoms with van der Waals surface area (Å²) in [4.78, 5) is 21.8. The predicted molar refractivity (Wildman–Crippen MR) is 204 cm³/mol. The Morgan fingerprint density at radius 2 is 1.09 bits per heavy atom. The van der Waals surface area contributed by atoms with Crippen LogP contribution in [0.3, 0.4) is 0 Å². The van der Waals surface area contributed by atoms with Crippen molar-refractivity contribution in [1.29, 1.82) is 0 Å². The first-order chi connectivity index (χ1) is 22.4. The molecule has 1 rings (SSSR count). The molecule has 0 aliphatic heterocycles. The van der Waals surface area contributed by atoms with Crippen LogP contribution in [0.5, 0.6) is 0 Å². The highest BCUT2D eigenvalue weighted by Gasteiger charge is 2.27. The van der Waals surface area contributed by atoms with Crippen molar-refractivity contribution in [2.45, 2.75) is 209 Å². The standard InChI is InChI=1S/C16H30O2.C15H30.C8H16O.C3H8O/c1-4-6-7-14-8-10-15(11-9-14)16(17)18-12-13(3)5-2;1-3-5-7-9-11-13-15-14-12-10-8-6-4-2;1-2-3-4-5-6-7-8-9;1-3-4-2/h13-15H,4-12H2,1-3H3;11,13H,3-10,12,14-15H2,1-2H3;8H,2-7H2,1H3;3H2,1-2H3/b;13-11-;;/t13-,14?,15?;;;/m1.../s1. The summed E-state index contributed by atoms with van der Waals surface area (Å²) in [6.07, 6.45) is 37.5. The maximum atomic E-state index is 11.9. The van der Waals surface area contributed by atoms with Crippen LogP contribution in [0, 0.1) is 17.8 Å². The fourth-order valence-electron chi connectivity index (χ4n) is 5.26. The molecule has 1 atom stereocenters. The Labute approximate surface area is 290 Å². The van der Waals surface area contributed by atoms with E-state index in [1.165, 1.54) is 128 Å². The van der Waals surface area contributed by atoms with Gasteiger partial charge in [0, 0.05) is 20.1 Å². The molecular formula is C42H84O4. The third-order valence-electron chi connectivity index (χ3n) is 8.93. The number of esters is 1. The van der Waals surface area contributed by atoms with E-state index in [1.54, 1.807) is 7.11 Å². The Bertz CT molecular complexity index is 592. The lowest BCUT2D eigenvalue weighted by molar-refractivity contribution is -0.151. The van der Waals surface area contributed by atoms with Crippen molar-refractivity contribution in [2.75, 3.05) is 20.3 Å². The van der Waals surface area contributed by atoms with E-state index < -0.39 is 0 Å². The van der Waals surface area contributed by atoms with Gasteiger partial charge in [-0.05, 0) is 76.5 Å². The molecule has 0 spiro atoms. The number of aldehydes is 1. The summed E-state index contributed by atoms with van der Waals surface area (Å²) in [7, 11) is 1.68. The summed E-state index contributed by atoms with van der Waals surface area (Å²) < 4.78 is 9.95. The first kappa shape index (κ1) is 49.2. The maximum absolute atomic E-state index is 11.9. The Hall–Kier alpha value is -1.16. The van der Waals surface area contributed by atoms with Gasteiger partial charge in [0.25, 0.3) is 0 Å². The molecule has 0 unspecified atom stereocenters. The van der Waals surface area contributed by atoms with Crippen molar-refractivity contribution >= 4 is 12.3 Å². The van der Waals surface area contributed by atoms with Gasteiger partial charge in [-0.2, -0.15) is 0 Å². The molecule has 4 nitrogen and oxygen atoms in total. The Morgan fingerprint density at radius 3 is 1.54 bits per heavy atom. The second-order valence-corrected chi connectivity index (χ2v) is 13.5. The van der Waals surface area contributed by atoms with E-state index in [2.05, 4.69) is 58.4 Å². The Balaban J connectivity index is -0.000000594. The minimum Gasteiger partial charge on any atom is -0.465 e. The predicted octanol–water partition coefficient (Wildman–Crippen LogP) is 13.6. The summed E-state index contributed by atoms with van der Waals surface area (Å²) >= 11 is 0. The van der Waals surface area contributed by atoms with E-state index in [0.29, 0.717) is 12.5 Å². The summed E-state index contributed by atoms with van der Waals surface area (Å²) in [5.74, 6) is 1.61. The van der Waals surface area contributed by atoms with Crippen molar-refractivity contribution in [3.8, 4) is 0 Å². The number of hydrogen-bond donors (Lipinski definition) is 0. The number of hydrogen-bond acceptors (Lipinski definition) is 4. The molecule has 1 aliphatic rings. The quantitative estimate of drug-likeness (QED) is 0.0426. The van der Waals surface area contributed by atoms with Crippen LogP contribution in [-0.2, 0) is 19.1 Å². The number of rotatable bonds is 25. The third-order valence-corrected chi connectivity index (χ3v) is 8.93. The number of carbonyl (C=O) groups is 2. The molecule has 276 valence electrons. The molecule has 0 aromatic rings. The van der Waals surface area contributed by atoms with Gasteiger partial charge in [-0.1, -0.05) is 150 Å². The zero-order valence-corrected chi connectivity index (χ0v) is 32.7. The first-order valence-corrected chi connectivity index (χ1v) is 20.2. The molecule has 0 aromatic carbocycles. The SMILES string of the molecule is CCCCC/C=C\CCCCCCCC.CCCCC1CCC(C(=O)OC[C@H](C)CC)CC1.CCCCCCCC=O.CCOC. The van der Waals surface area contributed by atoms with Gasteiger partial charge in [-0.15, -0.1) is 0 Å². The van der Waals surface area contributed by atoms with Gasteiger partial charge in [0.05, 0.1) is 12.5 Å². The highest BCUT2D eigenvalue weighted by molar-refractivity contribution is 5.72. The molecule has 0 radical (unpaired) electrons. The highest BCUT2D eigenvalue weighted by Crippen LogP contribution is 2.32. The van der Waals surface area contributed by atoms with Crippen LogP contribution in [0.15, 0.2) is 12.2 Å². The molecule has 0 amide bonds. The zero-order chi connectivity index (χ0) is 34.9. The number of methoxy groups -OCH3 is 1. The fourth-order valence-corrected chi connectivity index (χ4v) is 5.26. The molecule has 0 N–H and O–H groups in total. The third kappa shape index (κ3) is 40.9. The Morgan fingerprint density at radius 1 is 0.652 bits per heavy atom. The van der Waals surface area contributed by atoms with E-state index in [4.69, 9.17) is 4.74 Å². The van der Waals surface area contributed by atoms with Crippen LogP contribution in [0.1, 0.15) is 209 Å². The minimum atomic E-state index is 0.0595.